The standard InChI is InChI=1S/C23H26N4O3/c1-16-24-20-8-4-5-9-21(20)27(16)14-17-10-12-26(13-11-17)15-22(28)25-19-7-3-2-6-18(19)23(29)30/h2-9,17H,10-15H2,1H3,(H,25,28)(H,29,30). The summed E-state index contributed by atoms with van der Waals surface area (Å²) in [5, 5.41) is 12.0. The van der Waals surface area contributed by atoms with E-state index in [0.29, 0.717) is 11.6 Å². The van der Waals surface area contributed by atoms with Crippen LogP contribution < -0.4 is 5.32 Å². The van der Waals surface area contributed by atoms with E-state index in [2.05, 4.69) is 32.8 Å². The van der Waals surface area contributed by atoms with Gasteiger partial charge in [0.05, 0.1) is 28.8 Å². The van der Waals surface area contributed by atoms with Crippen LogP contribution in [0.25, 0.3) is 11.0 Å². The van der Waals surface area contributed by atoms with Crippen molar-refractivity contribution in [1.29, 1.82) is 0 Å². The number of aromatic carboxylic acids is 1. The first kappa shape index (κ1) is 20.1. The van der Waals surface area contributed by atoms with Crippen molar-refractivity contribution in [2.75, 3.05) is 25.0 Å². The summed E-state index contributed by atoms with van der Waals surface area (Å²) in [6.45, 7) is 4.97. The first-order valence-electron chi connectivity index (χ1n) is 10.3. The third-order valence-electron chi connectivity index (χ3n) is 5.79. The number of aryl methyl sites for hydroxylation is 1. The highest BCUT2D eigenvalue weighted by molar-refractivity contribution is 6.01. The number of nitrogens with one attached hydrogen (secondary N) is 1. The summed E-state index contributed by atoms with van der Waals surface area (Å²) in [6.07, 6.45) is 2.04. The highest BCUT2D eigenvalue weighted by atomic mass is 16.4. The lowest BCUT2D eigenvalue weighted by atomic mass is 9.96. The molecule has 1 fully saturated rings. The third kappa shape index (κ3) is 4.36. The largest absolute Gasteiger partial charge is 0.478 e. The second kappa shape index (κ2) is 8.67. The van der Waals surface area contributed by atoms with Gasteiger partial charge in [-0.1, -0.05) is 24.3 Å². The Labute approximate surface area is 175 Å². The highest BCUT2D eigenvalue weighted by Crippen LogP contribution is 2.23. The van der Waals surface area contributed by atoms with Crippen LogP contribution in [-0.2, 0) is 11.3 Å². The molecule has 7 heteroatoms. The summed E-state index contributed by atoms with van der Waals surface area (Å²) < 4.78 is 2.30. The molecule has 0 radical (unpaired) electrons. The van der Waals surface area contributed by atoms with Crippen LogP contribution in [0.2, 0.25) is 0 Å². The zero-order valence-electron chi connectivity index (χ0n) is 17.0. The molecule has 1 aromatic heterocycles. The summed E-state index contributed by atoms with van der Waals surface area (Å²) in [7, 11) is 0. The van der Waals surface area contributed by atoms with E-state index in [4.69, 9.17) is 0 Å². The molecular weight excluding hydrogens is 380 g/mol. The Morgan fingerprint density at radius 2 is 1.80 bits per heavy atom. The molecule has 0 spiro atoms. The van der Waals surface area contributed by atoms with Crippen molar-refractivity contribution >= 4 is 28.6 Å². The van der Waals surface area contributed by atoms with Crippen LogP contribution >= 0.6 is 0 Å². The van der Waals surface area contributed by atoms with Gasteiger partial charge in [-0.05, 0) is 63.0 Å². The van der Waals surface area contributed by atoms with Crippen molar-refractivity contribution in [3.8, 4) is 0 Å². The van der Waals surface area contributed by atoms with Gasteiger partial charge in [0.1, 0.15) is 5.82 Å². The minimum Gasteiger partial charge on any atom is -0.478 e. The molecule has 2 aromatic carbocycles. The first-order chi connectivity index (χ1) is 14.5. The molecule has 4 rings (SSSR count). The van der Waals surface area contributed by atoms with Gasteiger partial charge in [0.25, 0.3) is 0 Å². The number of piperidine rings is 1. The quantitative estimate of drug-likeness (QED) is 0.655. The number of para-hydroxylation sites is 3. The summed E-state index contributed by atoms with van der Waals surface area (Å²) >= 11 is 0. The second-order valence-electron chi connectivity index (χ2n) is 7.88. The Hall–Kier alpha value is -3.19. The molecule has 2 heterocycles. The highest BCUT2D eigenvalue weighted by Gasteiger charge is 2.23. The maximum atomic E-state index is 12.4. The number of aromatic nitrogens is 2. The Kier molecular flexibility index (Phi) is 5.81. The van der Waals surface area contributed by atoms with Crippen molar-refractivity contribution in [3.05, 3.63) is 59.9 Å². The molecule has 7 nitrogen and oxygen atoms in total. The lowest BCUT2D eigenvalue weighted by Crippen LogP contribution is -2.40. The summed E-state index contributed by atoms with van der Waals surface area (Å²) in [5.41, 5.74) is 2.65. The van der Waals surface area contributed by atoms with E-state index in [1.54, 1.807) is 18.2 Å². The number of carbonyl (C=O) groups is 2. The van der Waals surface area contributed by atoms with Crippen LogP contribution in [0.1, 0.15) is 29.0 Å². The Balaban J connectivity index is 1.31. The number of fused-ring (bicyclic) bond motifs is 1. The monoisotopic (exact) mass is 406 g/mol. The molecule has 1 saturated heterocycles. The normalized spacial score (nSPS) is 15.4. The zero-order chi connectivity index (χ0) is 21.1. The topological polar surface area (TPSA) is 87.5 Å². The maximum Gasteiger partial charge on any atom is 0.337 e. The molecule has 0 unspecified atom stereocenters. The van der Waals surface area contributed by atoms with Gasteiger partial charge in [-0.3, -0.25) is 9.69 Å². The lowest BCUT2D eigenvalue weighted by Gasteiger charge is -2.32. The Morgan fingerprint density at radius 3 is 2.57 bits per heavy atom. The molecule has 0 bridgehead atoms. The van der Waals surface area contributed by atoms with E-state index in [1.807, 2.05) is 18.2 Å². The molecule has 0 saturated carbocycles. The molecule has 3 aromatic rings. The Morgan fingerprint density at radius 1 is 1.10 bits per heavy atom. The van der Waals surface area contributed by atoms with Crippen molar-refractivity contribution in [3.63, 3.8) is 0 Å². The Bertz CT molecular complexity index is 1070. The summed E-state index contributed by atoms with van der Waals surface area (Å²) in [5.74, 6) is 0.357. The minimum absolute atomic E-state index is 0.104. The predicted molar refractivity (Wildman–Crippen MR) is 116 cm³/mol. The first-order valence-corrected chi connectivity index (χ1v) is 10.3. The van der Waals surface area contributed by atoms with Gasteiger partial charge in [-0.2, -0.15) is 0 Å². The second-order valence-corrected chi connectivity index (χ2v) is 7.88. The van der Waals surface area contributed by atoms with E-state index < -0.39 is 5.97 Å². The predicted octanol–water partition coefficient (Wildman–Crippen LogP) is 3.39. The minimum atomic E-state index is -1.05. The number of likely N-dealkylation sites (tertiary alicyclic amines) is 1. The molecule has 0 aliphatic carbocycles. The van der Waals surface area contributed by atoms with Crippen LogP contribution in [0.4, 0.5) is 5.69 Å². The van der Waals surface area contributed by atoms with E-state index in [-0.39, 0.29) is 18.0 Å². The van der Waals surface area contributed by atoms with E-state index in [1.165, 1.54) is 11.6 Å². The van der Waals surface area contributed by atoms with Gasteiger partial charge in [0, 0.05) is 6.54 Å². The number of carboxylic acids is 1. The number of amides is 1. The number of carbonyl (C=O) groups excluding carboxylic acids is 1. The van der Waals surface area contributed by atoms with Crippen LogP contribution in [0, 0.1) is 12.8 Å². The van der Waals surface area contributed by atoms with E-state index >= 15 is 0 Å². The molecule has 0 atom stereocenters. The van der Waals surface area contributed by atoms with Gasteiger partial charge in [-0.25, -0.2) is 9.78 Å². The van der Waals surface area contributed by atoms with Crippen LogP contribution in [0.5, 0.6) is 0 Å². The maximum absolute atomic E-state index is 12.4. The van der Waals surface area contributed by atoms with Gasteiger partial charge < -0.3 is 15.0 Å². The molecule has 2 N–H and O–H groups in total. The van der Waals surface area contributed by atoms with Crippen molar-refractivity contribution in [1.82, 2.24) is 14.5 Å². The lowest BCUT2D eigenvalue weighted by molar-refractivity contribution is -0.117. The number of nitrogens with zero attached hydrogens (tertiary/aromatic N) is 3. The average Bonchev–Trinajstić information content (AvgIpc) is 3.05. The fourth-order valence-corrected chi connectivity index (χ4v) is 4.18. The van der Waals surface area contributed by atoms with E-state index in [9.17, 15) is 14.7 Å². The molecule has 1 aliphatic rings. The number of rotatable bonds is 6. The molecule has 30 heavy (non-hydrogen) atoms. The molecule has 1 aliphatic heterocycles. The molecule has 156 valence electrons. The fraction of sp³-hybridized carbons (Fsp3) is 0.348. The van der Waals surface area contributed by atoms with Gasteiger partial charge in [0.2, 0.25) is 5.91 Å². The van der Waals surface area contributed by atoms with Crippen LogP contribution in [0.3, 0.4) is 0 Å². The smallest absolute Gasteiger partial charge is 0.337 e. The fourth-order valence-electron chi connectivity index (χ4n) is 4.18. The van der Waals surface area contributed by atoms with Crippen LogP contribution in [-0.4, -0.2) is 51.1 Å². The average molecular weight is 406 g/mol. The molecule has 1 amide bonds. The molecular formula is C23H26N4O3. The summed E-state index contributed by atoms with van der Waals surface area (Å²) in [4.78, 5) is 30.5. The summed E-state index contributed by atoms with van der Waals surface area (Å²) in [6, 6.07) is 14.7. The number of anilines is 1. The van der Waals surface area contributed by atoms with E-state index in [0.717, 1.165) is 43.8 Å². The van der Waals surface area contributed by atoms with Crippen molar-refractivity contribution < 1.29 is 14.7 Å². The number of hydrogen-bond acceptors (Lipinski definition) is 4. The van der Waals surface area contributed by atoms with Gasteiger partial charge in [0.15, 0.2) is 0 Å². The number of hydrogen-bond donors (Lipinski definition) is 2. The zero-order valence-corrected chi connectivity index (χ0v) is 17.0. The number of carboxylic acid groups (broad SMARTS) is 1. The third-order valence-corrected chi connectivity index (χ3v) is 5.79. The number of benzene rings is 2. The van der Waals surface area contributed by atoms with Crippen LogP contribution in [0.15, 0.2) is 48.5 Å². The van der Waals surface area contributed by atoms with Crippen molar-refractivity contribution in [2.24, 2.45) is 5.92 Å². The number of imidazole rings is 1. The van der Waals surface area contributed by atoms with Gasteiger partial charge >= 0.3 is 5.97 Å². The van der Waals surface area contributed by atoms with Gasteiger partial charge in [-0.15, -0.1) is 0 Å². The SMILES string of the molecule is Cc1nc2ccccc2n1CC1CCN(CC(=O)Nc2ccccc2C(=O)O)CC1. The van der Waals surface area contributed by atoms with Crippen molar-refractivity contribution in [2.45, 2.75) is 26.3 Å².